The second kappa shape index (κ2) is 4.51. The fourth-order valence-electron chi connectivity index (χ4n) is 1.81. The fraction of sp³-hybridized carbons (Fsp3) is 0.231. The number of aromatic nitrogens is 1. The minimum Gasteiger partial charge on any atom is -0.277 e. The summed E-state index contributed by atoms with van der Waals surface area (Å²) in [7, 11) is 1.42. The van der Waals surface area contributed by atoms with Gasteiger partial charge in [-0.3, -0.25) is 14.6 Å². The average molecular weight is 230 g/mol. The number of carbonyl (C=O) groups is 1. The van der Waals surface area contributed by atoms with Crippen molar-refractivity contribution in [3.8, 4) is 0 Å². The smallest absolute Gasteiger partial charge is 0.275 e. The van der Waals surface area contributed by atoms with Crippen molar-refractivity contribution in [2.75, 3.05) is 7.11 Å². The predicted octanol–water partition coefficient (Wildman–Crippen LogP) is 2.14. The molecule has 0 atom stereocenters. The van der Waals surface area contributed by atoms with Gasteiger partial charge in [0, 0.05) is 11.1 Å². The van der Waals surface area contributed by atoms with Gasteiger partial charge in [-0.2, -0.15) is 0 Å². The maximum atomic E-state index is 11.9. The molecule has 0 radical (unpaired) electrons. The van der Waals surface area contributed by atoms with E-state index in [1.807, 2.05) is 32.0 Å². The van der Waals surface area contributed by atoms with E-state index in [2.05, 4.69) is 15.3 Å². The monoisotopic (exact) mass is 230 g/mol. The molecule has 0 unspecified atom stereocenters. The Kier molecular flexibility index (Phi) is 3.06. The molecule has 1 amide bonds. The van der Waals surface area contributed by atoms with Gasteiger partial charge < -0.3 is 0 Å². The molecule has 88 valence electrons. The molecule has 1 aromatic heterocycles. The van der Waals surface area contributed by atoms with E-state index in [0.717, 1.165) is 22.2 Å². The lowest BCUT2D eigenvalue weighted by molar-refractivity contribution is 0.0539. The van der Waals surface area contributed by atoms with Crippen LogP contribution < -0.4 is 5.48 Å². The zero-order valence-corrected chi connectivity index (χ0v) is 10.1. The van der Waals surface area contributed by atoms with E-state index >= 15 is 0 Å². The number of hydrogen-bond acceptors (Lipinski definition) is 3. The summed E-state index contributed by atoms with van der Waals surface area (Å²) in [6.07, 6.45) is 0. The second-order valence-electron chi connectivity index (χ2n) is 3.97. The Morgan fingerprint density at radius 1 is 1.29 bits per heavy atom. The van der Waals surface area contributed by atoms with Crippen molar-refractivity contribution in [1.29, 1.82) is 0 Å². The lowest BCUT2D eigenvalue weighted by Crippen LogP contribution is -2.22. The number of nitrogens with one attached hydrogen (secondary N) is 1. The van der Waals surface area contributed by atoms with Crippen molar-refractivity contribution in [2.45, 2.75) is 13.8 Å². The number of fused-ring (bicyclic) bond motifs is 1. The van der Waals surface area contributed by atoms with Crippen LogP contribution in [0.5, 0.6) is 0 Å². The molecule has 0 bridgehead atoms. The standard InChI is InChI=1S/C13H14N2O2/c1-8-4-5-12-10(6-8)11(7-9(2)14-12)13(16)15-17-3/h4-7H,1-3H3,(H,15,16). The van der Waals surface area contributed by atoms with Gasteiger partial charge in [-0.25, -0.2) is 5.48 Å². The van der Waals surface area contributed by atoms with Crippen LogP contribution >= 0.6 is 0 Å². The fourth-order valence-corrected chi connectivity index (χ4v) is 1.81. The molecular formula is C13H14N2O2. The lowest BCUT2D eigenvalue weighted by Gasteiger charge is -2.08. The summed E-state index contributed by atoms with van der Waals surface area (Å²) >= 11 is 0. The van der Waals surface area contributed by atoms with Crippen molar-refractivity contribution in [3.63, 3.8) is 0 Å². The maximum Gasteiger partial charge on any atom is 0.275 e. The van der Waals surface area contributed by atoms with Gasteiger partial charge in [0.1, 0.15) is 0 Å². The number of benzene rings is 1. The van der Waals surface area contributed by atoms with Crippen LogP contribution in [0.1, 0.15) is 21.6 Å². The normalized spacial score (nSPS) is 10.5. The molecule has 0 aliphatic heterocycles. The Morgan fingerprint density at radius 3 is 2.76 bits per heavy atom. The number of nitrogens with zero attached hydrogens (tertiary/aromatic N) is 1. The number of rotatable bonds is 2. The molecule has 0 spiro atoms. The van der Waals surface area contributed by atoms with E-state index < -0.39 is 0 Å². The Labute approximate surface area is 99.6 Å². The lowest BCUT2D eigenvalue weighted by atomic mass is 10.1. The number of aryl methyl sites for hydroxylation is 2. The Morgan fingerprint density at radius 2 is 2.06 bits per heavy atom. The highest BCUT2D eigenvalue weighted by atomic mass is 16.6. The summed E-state index contributed by atoms with van der Waals surface area (Å²) in [5.74, 6) is -0.256. The Balaban J connectivity index is 2.67. The van der Waals surface area contributed by atoms with Gasteiger partial charge in [0.25, 0.3) is 5.91 Å². The van der Waals surface area contributed by atoms with Crippen molar-refractivity contribution >= 4 is 16.8 Å². The summed E-state index contributed by atoms with van der Waals surface area (Å²) in [6, 6.07) is 7.61. The summed E-state index contributed by atoms with van der Waals surface area (Å²) in [5, 5.41) is 0.838. The van der Waals surface area contributed by atoms with E-state index in [1.54, 1.807) is 6.07 Å². The molecule has 1 heterocycles. The van der Waals surface area contributed by atoms with Crippen molar-refractivity contribution in [2.24, 2.45) is 0 Å². The number of amides is 1. The molecule has 0 saturated carbocycles. The predicted molar refractivity (Wildman–Crippen MR) is 65.7 cm³/mol. The van der Waals surface area contributed by atoms with Gasteiger partial charge in [0.05, 0.1) is 18.2 Å². The molecule has 0 aliphatic carbocycles. The van der Waals surface area contributed by atoms with Crippen molar-refractivity contribution in [3.05, 3.63) is 41.1 Å². The highest BCUT2D eigenvalue weighted by Gasteiger charge is 2.11. The molecule has 0 aliphatic rings. The quantitative estimate of drug-likeness (QED) is 0.804. The van der Waals surface area contributed by atoms with Crippen LogP contribution in [0.15, 0.2) is 24.3 Å². The van der Waals surface area contributed by atoms with Crippen LogP contribution in [0.4, 0.5) is 0 Å². The van der Waals surface area contributed by atoms with E-state index in [1.165, 1.54) is 7.11 Å². The van der Waals surface area contributed by atoms with Gasteiger partial charge in [-0.05, 0) is 32.0 Å². The highest BCUT2D eigenvalue weighted by Crippen LogP contribution is 2.19. The molecule has 0 fully saturated rings. The molecule has 4 nitrogen and oxygen atoms in total. The topological polar surface area (TPSA) is 51.2 Å². The van der Waals surface area contributed by atoms with Crippen LogP contribution in [0, 0.1) is 13.8 Å². The Hall–Kier alpha value is -1.94. The minimum atomic E-state index is -0.256. The van der Waals surface area contributed by atoms with Crippen molar-refractivity contribution in [1.82, 2.24) is 10.5 Å². The van der Waals surface area contributed by atoms with Crippen molar-refractivity contribution < 1.29 is 9.63 Å². The van der Waals surface area contributed by atoms with E-state index in [4.69, 9.17) is 0 Å². The minimum absolute atomic E-state index is 0.256. The van der Waals surface area contributed by atoms with E-state index in [-0.39, 0.29) is 5.91 Å². The summed E-state index contributed by atoms with van der Waals surface area (Å²) in [6.45, 7) is 3.85. The SMILES string of the molecule is CONC(=O)c1cc(C)nc2ccc(C)cc12. The number of hydroxylamine groups is 1. The molecular weight excluding hydrogens is 216 g/mol. The summed E-state index contributed by atoms with van der Waals surface area (Å²) in [4.78, 5) is 20.9. The average Bonchev–Trinajstić information content (AvgIpc) is 2.29. The number of pyridine rings is 1. The highest BCUT2D eigenvalue weighted by molar-refractivity contribution is 6.05. The first kappa shape index (κ1) is 11.5. The van der Waals surface area contributed by atoms with Crippen LogP contribution in [-0.4, -0.2) is 18.0 Å². The third-order valence-electron chi connectivity index (χ3n) is 2.53. The third-order valence-corrected chi connectivity index (χ3v) is 2.53. The van der Waals surface area contributed by atoms with Crippen LogP contribution in [0.3, 0.4) is 0 Å². The third kappa shape index (κ3) is 2.26. The summed E-state index contributed by atoms with van der Waals surface area (Å²) in [5.41, 5.74) is 5.63. The Bertz CT molecular complexity index is 579. The van der Waals surface area contributed by atoms with Crippen LogP contribution in [0.25, 0.3) is 10.9 Å². The first-order valence-corrected chi connectivity index (χ1v) is 5.33. The van der Waals surface area contributed by atoms with Crippen LogP contribution in [0.2, 0.25) is 0 Å². The summed E-state index contributed by atoms with van der Waals surface area (Å²) < 4.78 is 0. The van der Waals surface area contributed by atoms with Gasteiger partial charge in [0.2, 0.25) is 0 Å². The molecule has 0 saturated heterocycles. The molecule has 4 heteroatoms. The first-order valence-electron chi connectivity index (χ1n) is 5.33. The zero-order valence-electron chi connectivity index (χ0n) is 10.1. The van der Waals surface area contributed by atoms with E-state index in [9.17, 15) is 4.79 Å². The first-order chi connectivity index (χ1) is 8.11. The van der Waals surface area contributed by atoms with Gasteiger partial charge >= 0.3 is 0 Å². The van der Waals surface area contributed by atoms with Gasteiger partial charge in [-0.1, -0.05) is 11.6 Å². The number of hydrogen-bond donors (Lipinski definition) is 1. The molecule has 2 rings (SSSR count). The van der Waals surface area contributed by atoms with Gasteiger partial charge in [0.15, 0.2) is 0 Å². The molecule has 2 aromatic rings. The zero-order chi connectivity index (χ0) is 12.4. The molecule has 1 N–H and O–H groups in total. The molecule has 1 aromatic carbocycles. The van der Waals surface area contributed by atoms with E-state index in [0.29, 0.717) is 5.56 Å². The maximum absolute atomic E-state index is 11.9. The van der Waals surface area contributed by atoms with Gasteiger partial charge in [-0.15, -0.1) is 0 Å². The second-order valence-corrected chi connectivity index (χ2v) is 3.97. The van der Waals surface area contributed by atoms with Crippen LogP contribution in [-0.2, 0) is 4.84 Å². The molecule has 17 heavy (non-hydrogen) atoms. The number of carbonyl (C=O) groups excluding carboxylic acids is 1. The largest absolute Gasteiger partial charge is 0.277 e.